The number of fused-ring (bicyclic) bond motifs is 1. The molecule has 1 aliphatic heterocycles. The third-order valence-corrected chi connectivity index (χ3v) is 7.50. The third kappa shape index (κ3) is 5.01. The number of amides is 1. The molecule has 0 unspecified atom stereocenters. The van der Waals surface area contributed by atoms with Crippen molar-refractivity contribution in [1.82, 2.24) is 10.3 Å². The maximum Gasteiger partial charge on any atom is 0.335 e. The molecule has 4 aromatic rings. The first-order valence-electron chi connectivity index (χ1n) is 11.7. The molecule has 5 N–H and O–H groups in total. The van der Waals surface area contributed by atoms with E-state index in [1.165, 1.54) is 35.6 Å². The van der Waals surface area contributed by atoms with Crippen LogP contribution in [-0.2, 0) is 0 Å². The van der Waals surface area contributed by atoms with Crippen LogP contribution in [0.15, 0.2) is 60.7 Å². The average molecular weight is 518 g/mol. The molecule has 1 fully saturated rings. The zero-order valence-corrected chi connectivity index (χ0v) is 20.5. The number of carboxylic acid groups (broad SMARTS) is 1. The first-order chi connectivity index (χ1) is 17.8. The summed E-state index contributed by atoms with van der Waals surface area (Å²) >= 11 is 1.36. The zero-order chi connectivity index (χ0) is 26.1. The monoisotopic (exact) mass is 517 g/mol. The second-order valence-electron chi connectivity index (χ2n) is 8.88. The van der Waals surface area contributed by atoms with E-state index in [0.717, 1.165) is 12.8 Å². The number of carboxylic acids is 1. The molecule has 3 aromatic carbocycles. The van der Waals surface area contributed by atoms with Gasteiger partial charge in [-0.1, -0.05) is 41.7 Å². The summed E-state index contributed by atoms with van der Waals surface area (Å²) in [6.07, 6.45) is 1.48. The van der Waals surface area contributed by atoms with E-state index in [1.54, 1.807) is 18.2 Å². The van der Waals surface area contributed by atoms with Gasteiger partial charge in [-0.05, 0) is 43.2 Å². The maximum atomic E-state index is 15.0. The number of piperidine rings is 1. The number of aromatic carboxylic acids is 1. The Labute approximate surface area is 216 Å². The first-order valence-corrected chi connectivity index (χ1v) is 12.5. The highest BCUT2D eigenvalue weighted by atomic mass is 32.1. The lowest BCUT2D eigenvalue weighted by Gasteiger charge is -2.32. The number of hydrogen-bond donors (Lipinski definition) is 4. The van der Waals surface area contributed by atoms with Crippen molar-refractivity contribution in [3.05, 3.63) is 83.2 Å². The summed E-state index contributed by atoms with van der Waals surface area (Å²) in [7, 11) is 0. The van der Waals surface area contributed by atoms with Gasteiger partial charge in [0.15, 0.2) is 5.13 Å². The Morgan fingerprint density at radius 1 is 1.03 bits per heavy atom. The van der Waals surface area contributed by atoms with E-state index in [1.807, 2.05) is 18.2 Å². The van der Waals surface area contributed by atoms with Crippen LogP contribution in [0.25, 0.3) is 21.3 Å². The van der Waals surface area contributed by atoms with Crippen molar-refractivity contribution in [2.45, 2.75) is 18.9 Å². The Bertz CT molecular complexity index is 1510. The summed E-state index contributed by atoms with van der Waals surface area (Å²) in [4.78, 5) is 31.2. The van der Waals surface area contributed by atoms with Crippen molar-refractivity contribution in [2.24, 2.45) is 5.73 Å². The quantitative estimate of drug-likeness (QED) is 0.220. The lowest BCUT2D eigenvalue weighted by molar-refractivity contribution is 0.0696. The largest absolute Gasteiger partial charge is 0.478 e. The van der Waals surface area contributed by atoms with Gasteiger partial charge in [0.05, 0.1) is 15.8 Å². The second kappa shape index (κ2) is 9.98. The molecule has 0 saturated carbocycles. The number of carbonyl (C=O) groups is 2. The standard InChI is InChI=1S/C27H24FN5O3S/c28-21-13-16(24(29)30)6-7-19(21)20-12-17(26(35)36)14-22-23(20)32-27(37-22)33-10-8-18(9-11-33)31-25(34)15-4-2-1-3-5-15/h1-7,12-14,18H,8-11H2,(H3,29,30)(H,31,34)(H,35,36). The van der Waals surface area contributed by atoms with E-state index in [9.17, 15) is 14.7 Å². The minimum absolute atomic E-state index is 0.0371. The van der Waals surface area contributed by atoms with Gasteiger partial charge in [-0.15, -0.1) is 0 Å². The van der Waals surface area contributed by atoms with Crippen LogP contribution < -0.4 is 16.0 Å². The molecule has 8 nitrogen and oxygen atoms in total. The van der Waals surface area contributed by atoms with E-state index in [4.69, 9.17) is 16.1 Å². The second-order valence-corrected chi connectivity index (χ2v) is 9.89. The highest BCUT2D eigenvalue weighted by Crippen LogP contribution is 2.38. The number of rotatable bonds is 6. The molecule has 0 spiro atoms. The van der Waals surface area contributed by atoms with E-state index in [2.05, 4.69) is 10.2 Å². The number of nitrogens with two attached hydrogens (primary N) is 1. The lowest BCUT2D eigenvalue weighted by atomic mass is 9.99. The van der Waals surface area contributed by atoms with Gasteiger partial charge < -0.3 is 21.1 Å². The molecule has 0 radical (unpaired) electrons. The Kier molecular flexibility index (Phi) is 6.58. The van der Waals surface area contributed by atoms with Crippen LogP contribution in [-0.4, -0.2) is 46.9 Å². The normalized spacial score (nSPS) is 14.0. The molecule has 2 heterocycles. The summed E-state index contributed by atoms with van der Waals surface area (Å²) in [6.45, 7) is 1.34. The fourth-order valence-corrected chi connectivity index (χ4v) is 5.54. The van der Waals surface area contributed by atoms with Gasteiger partial charge in [-0.2, -0.15) is 0 Å². The Morgan fingerprint density at radius 2 is 1.76 bits per heavy atom. The van der Waals surface area contributed by atoms with Crippen molar-refractivity contribution in [1.29, 1.82) is 5.41 Å². The maximum absolute atomic E-state index is 15.0. The highest BCUT2D eigenvalue weighted by molar-refractivity contribution is 7.22. The first kappa shape index (κ1) is 24.4. The molecule has 1 aliphatic rings. The predicted octanol–water partition coefficient (Wildman–Crippen LogP) is 4.48. The van der Waals surface area contributed by atoms with E-state index in [0.29, 0.717) is 39.6 Å². The number of hydrogen-bond acceptors (Lipinski definition) is 6. The van der Waals surface area contributed by atoms with Crippen molar-refractivity contribution in [3.63, 3.8) is 0 Å². The fourth-order valence-electron chi connectivity index (χ4n) is 4.46. The summed E-state index contributed by atoms with van der Waals surface area (Å²) in [5, 5.41) is 21.0. The molecule has 0 atom stereocenters. The Morgan fingerprint density at radius 3 is 2.41 bits per heavy atom. The van der Waals surface area contributed by atoms with Gasteiger partial charge in [0.1, 0.15) is 11.7 Å². The summed E-state index contributed by atoms with van der Waals surface area (Å²) in [5.41, 5.74) is 7.46. The van der Waals surface area contributed by atoms with Gasteiger partial charge in [0.25, 0.3) is 5.91 Å². The molecule has 5 rings (SSSR count). The number of nitrogens with one attached hydrogen (secondary N) is 2. The molecule has 0 aliphatic carbocycles. The molecule has 0 bridgehead atoms. The number of halogens is 1. The number of amidine groups is 1. The Hall–Kier alpha value is -4.31. The molecule has 37 heavy (non-hydrogen) atoms. The van der Waals surface area contributed by atoms with Crippen LogP contribution in [0.4, 0.5) is 9.52 Å². The van der Waals surface area contributed by atoms with Crippen LogP contribution in [0.2, 0.25) is 0 Å². The molecule has 1 saturated heterocycles. The lowest BCUT2D eigenvalue weighted by Crippen LogP contribution is -2.44. The van der Waals surface area contributed by atoms with Gasteiger partial charge in [-0.25, -0.2) is 14.2 Å². The number of thiazole rings is 1. The minimum atomic E-state index is -1.12. The van der Waals surface area contributed by atoms with Crippen LogP contribution in [0.1, 0.15) is 39.1 Å². The van der Waals surface area contributed by atoms with Crippen LogP contribution in [0.3, 0.4) is 0 Å². The van der Waals surface area contributed by atoms with Crippen molar-refractivity contribution in [3.8, 4) is 11.1 Å². The van der Waals surface area contributed by atoms with E-state index < -0.39 is 11.8 Å². The van der Waals surface area contributed by atoms with Crippen LogP contribution in [0, 0.1) is 11.2 Å². The van der Waals surface area contributed by atoms with Crippen molar-refractivity contribution < 1.29 is 19.1 Å². The van der Waals surface area contributed by atoms with Crippen molar-refractivity contribution >= 4 is 44.4 Å². The van der Waals surface area contributed by atoms with E-state index >= 15 is 4.39 Å². The molecule has 188 valence electrons. The highest BCUT2D eigenvalue weighted by Gasteiger charge is 2.25. The number of anilines is 1. The molecule has 1 amide bonds. The smallest absolute Gasteiger partial charge is 0.335 e. The Balaban J connectivity index is 1.40. The number of aromatic nitrogens is 1. The molecular formula is C27H24FN5O3S. The van der Waals surface area contributed by atoms with Gasteiger partial charge in [-0.3, -0.25) is 10.2 Å². The van der Waals surface area contributed by atoms with Crippen molar-refractivity contribution in [2.75, 3.05) is 18.0 Å². The van der Waals surface area contributed by atoms with E-state index in [-0.39, 0.29) is 34.5 Å². The SMILES string of the molecule is N=C(N)c1ccc(-c2cc(C(=O)O)cc3sc(N4CCC(NC(=O)c5ccccc5)CC4)nc23)c(F)c1. The van der Waals surface area contributed by atoms with Crippen LogP contribution >= 0.6 is 11.3 Å². The van der Waals surface area contributed by atoms with Gasteiger partial charge in [0.2, 0.25) is 0 Å². The predicted molar refractivity (Wildman–Crippen MR) is 142 cm³/mol. The number of benzene rings is 3. The summed E-state index contributed by atoms with van der Waals surface area (Å²) < 4.78 is 15.7. The number of carbonyl (C=O) groups excluding carboxylic acids is 1. The van der Waals surface area contributed by atoms with Crippen LogP contribution in [0.5, 0.6) is 0 Å². The molecule has 10 heteroatoms. The number of nitrogens with zero attached hydrogens (tertiary/aromatic N) is 2. The molecule has 1 aromatic heterocycles. The molecular weight excluding hydrogens is 493 g/mol. The fraction of sp³-hybridized carbons (Fsp3) is 0.185. The van der Waals surface area contributed by atoms with Gasteiger partial charge >= 0.3 is 5.97 Å². The third-order valence-electron chi connectivity index (χ3n) is 6.44. The summed E-state index contributed by atoms with van der Waals surface area (Å²) in [6, 6.07) is 16.3. The summed E-state index contributed by atoms with van der Waals surface area (Å²) in [5.74, 6) is -2.08. The number of nitrogen functional groups attached to an aromatic ring is 1. The van der Waals surface area contributed by atoms with Gasteiger partial charge in [0, 0.05) is 41.4 Å². The minimum Gasteiger partial charge on any atom is -0.478 e. The topological polar surface area (TPSA) is 132 Å². The zero-order valence-electron chi connectivity index (χ0n) is 19.7. The average Bonchev–Trinajstić information content (AvgIpc) is 3.33.